The zero-order valence-corrected chi connectivity index (χ0v) is 9.64. The lowest BCUT2D eigenvalue weighted by Gasteiger charge is -2.07. The van der Waals surface area contributed by atoms with Gasteiger partial charge in [0.25, 0.3) is 0 Å². The second kappa shape index (κ2) is 5.59. The van der Waals surface area contributed by atoms with Crippen LogP contribution in [0.25, 0.3) is 0 Å². The Morgan fingerprint density at radius 1 is 1.29 bits per heavy atom. The van der Waals surface area contributed by atoms with E-state index in [1.165, 1.54) is 6.07 Å². The maximum atomic E-state index is 13.0. The lowest BCUT2D eigenvalue weighted by Crippen LogP contribution is -2.09. The Bertz CT molecular complexity index is 479. The van der Waals surface area contributed by atoms with Gasteiger partial charge in [-0.1, -0.05) is 12.1 Å². The van der Waals surface area contributed by atoms with E-state index < -0.39 is 0 Å². The van der Waals surface area contributed by atoms with Crippen LogP contribution in [0, 0.1) is 5.82 Å². The Morgan fingerprint density at radius 3 is 2.94 bits per heavy atom. The number of aromatic nitrogens is 2. The minimum absolute atomic E-state index is 0.185. The molecular formula is C13H16FN3. The van der Waals surface area contributed by atoms with E-state index in [-0.39, 0.29) is 5.82 Å². The summed E-state index contributed by atoms with van der Waals surface area (Å²) in [5, 5.41) is 0. The maximum Gasteiger partial charge on any atom is 0.123 e. The molecule has 0 saturated carbocycles. The van der Waals surface area contributed by atoms with Crippen LogP contribution in [0.4, 0.5) is 4.39 Å². The Balaban J connectivity index is 1.99. The van der Waals surface area contributed by atoms with Crippen molar-refractivity contribution >= 4 is 0 Å². The molecule has 3 nitrogen and oxygen atoms in total. The van der Waals surface area contributed by atoms with Crippen LogP contribution < -0.4 is 5.73 Å². The summed E-state index contributed by atoms with van der Waals surface area (Å²) in [7, 11) is 0. The third kappa shape index (κ3) is 3.14. The molecule has 4 heteroatoms. The fraction of sp³-hybridized carbons (Fsp3) is 0.308. The molecule has 0 radical (unpaired) electrons. The smallest absolute Gasteiger partial charge is 0.123 e. The molecule has 1 aromatic carbocycles. The molecular weight excluding hydrogens is 217 g/mol. The zero-order valence-electron chi connectivity index (χ0n) is 9.64. The Hall–Kier alpha value is -1.68. The Labute approximate surface area is 100 Å². The van der Waals surface area contributed by atoms with Crippen molar-refractivity contribution in [3.63, 3.8) is 0 Å². The molecule has 0 saturated heterocycles. The van der Waals surface area contributed by atoms with Gasteiger partial charge in [-0.3, -0.25) is 0 Å². The predicted octanol–water partition coefficient (Wildman–Crippen LogP) is 1.77. The summed E-state index contributed by atoms with van der Waals surface area (Å²) in [4.78, 5) is 4.10. The topological polar surface area (TPSA) is 43.8 Å². The van der Waals surface area contributed by atoms with Gasteiger partial charge in [0.1, 0.15) is 5.82 Å². The molecule has 0 aliphatic carbocycles. The molecule has 2 rings (SSSR count). The van der Waals surface area contributed by atoms with Crippen molar-refractivity contribution in [3.8, 4) is 0 Å². The van der Waals surface area contributed by atoms with Crippen molar-refractivity contribution in [2.45, 2.75) is 19.4 Å². The van der Waals surface area contributed by atoms with Crippen LogP contribution in [0.15, 0.2) is 36.8 Å². The monoisotopic (exact) mass is 233 g/mol. The Kier molecular flexibility index (Phi) is 3.88. The number of nitrogens with two attached hydrogens (primary N) is 1. The van der Waals surface area contributed by atoms with E-state index in [9.17, 15) is 4.39 Å². The molecule has 17 heavy (non-hydrogen) atoms. The van der Waals surface area contributed by atoms with Crippen molar-refractivity contribution in [1.82, 2.24) is 9.55 Å². The van der Waals surface area contributed by atoms with Gasteiger partial charge >= 0.3 is 0 Å². The minimum Gasteiger partial charge on any atom is -0.334 e. The van der Waals surface area contributed by atoms with Gasteiger partial charge in [-0.05, 0) is 30.7 Å². The number of hydrogen-bond donors (Lipinski definition) is 1. The van der Waals surface area contributed by atoms with Crippen LogP contribution in [0.1, 0.15) is 11.3 Å². The van der Waals surface area contributed by atoms with E-state index >= 15 is 0 Å². The second-order valence-corrected chi connectivity index (χ2v) is 4.00. The number of hydrogen-bond acceptors (Lipinski definition) is 2. The number of imidazole rings is 1. The highest BCUT2D eigenvalue weighted by atomic mass is 19.1. The highest BCUT2D eigenvalue weighted by Crippen LogP contribution is 2.07. The van der Waals surface area contributed by atoms with E-state index in [0.717, 1.165) is 30.6 Å². The molecule has 0 spiro atoms. The normalized spacial score (nSPS) is 10.7. The molecule has 2 aromatic rings. The van der Waals surface area contributed by atoms with Crippen LogP contribution >= 0.6 is 0 Å². The first-order valence-corrected chi connectivity index (χ1v) is 5.73. The largest absolute Gasteiger partial charge is 0.334 e. The third-order valence-electron chi connectivity index (χ3n) is 2.73. The van der Waals surface area contributed by atoms with Gasteiger partial charge in [-0.25, -0.2) is 9.37 Å². The van der Waals surface area contributed by atoms with Crippen molar-refractivity contribution in [2.75, 3.05) is 6.54 Å². The summed E-state index contributed by atoms with van der Waals surface area (Å²) in [5.41, 5.74) is 7.65. The first-order valence-electron chi connectivity index (χ1n) is 5.73. The van der Waals surface area contributed by atoms with Gasteiger partial charge in [0.2, 0.25) is 0 Å². The first kappa shape index (κ1) is 11.8. The third-order valence-corrected chi connectivity index (χ3v) is 2.73. The van der Waals surface area contributed by atoms with Crippen LogP contribution in [0.3, 0.4) is 0 Å². The molecule has 0 fully saturated rings. The molecule has 0 unspecified atom stereocenters. The van der Waals surface area contributed by atoms with E-state index in [0.29, 0.717) is 6.54 Å². The summed E-state index contributed by atoms with van der Waals surface area (Å²) in [6, 6.07) is 6.70. The molecule has 90 valence electrons. The fourth-order valence-electron chi connectivity index (χ4n) is 1.85. The molecule has 0 atom stereocenters. The van der Waals surface area contributed by atoms with E-state index in [1.807, 2.05) is 12.3 Å². The molecule has 0 aliphatic heterocycles. The highest BCUT2D eigenvalue weighted by molar-refractivity contribution is 5.16. The standard InChI is InChI=1S/C13H16FN3/c14-12-3-1-2-11(8-12)5-7-17-10-16-9-13(17)4-6-15/h1-3,8-10H,4-7,15H2. The SMILES string of the molecule is NCCc1cncn1CCc1cccc(F)c1. The number of benzene rings is 1. The second-order valence-electron chi connectivity index (χ2n) is 4.00. The van der Waals surface area contributed by atoms with Crippen LogP contribution in [0.2, 0.25) is 0 Å². The van der Waals surface area contributed by atoms with E-state index in [1.54, 1.807) is 18.5 Å². The van der Waals surface area contributed by atoms with Gasteiger partial charge in [-0.2, -0.15) is 0 Å². The quantitative estimate of drug-likeness (QED) is 0.855. The average Bonchev–Trinajstić information content (AvgIpc) is 2.75. The summed E-state index contributed by atoms with van der Waals surface area (Å²) < 4.78 is 15.1. The van der Waals surface area contributed by atoms with Crippen molar-refractivity contribution in [1.29, 1.82) is 0 Å². The molecule has 0 aliphatic rings. The first-order chi connectivity index (χ1) is 8.29. The van der Waals surface area contributed by atoms with Gasteiger partial charge in [0.15, 0.2) is 0 Å². The lowest BCUT2D eigenvalue weighted by atomic mass is 10.1. The molecule has 0 bridgehead atoms. The van der Waals surface area contributed by atoms with Crippen molar-refractivity contribution < 1.29 is 4.39 Å². The number of aryl methyl sites for hydroxylation is 2. The summed E-state index contributed by atoms with van der Waals surface area (Å²) in [5.74, 6) is -0.185. The predicted molar refractivity (Wildman–Crippen MR) is 65.1 cm³/mol. The summed E-state index contributed by atoms with van der Waals surface area (Å²) in [6.45, 7) is 1.42. The van der Waals surface area contributed by atoms with Crippen LogP contribution in [-0.2, 0) is 19.4 Å². The van der Waals surface area contributed by atoms with Gasteiger partial charge in [0, 0.05) is 24.9 Å². The van der Waals surface area contributed by atoms with Crippen molar-refractivity contribution in [2.24, 2.45) is 5.73 Å². The number of nitrogens with zero attached hydrogens (tertiary/aromatic N) is 2. The van der Waals surface area contributed by atoms with Crippen LogP contribution in [-0.4, -0.2) is 16.1 Å². The summed E-state index contributed by atoms with van der Waals surface area (Å²) in [6.07, 6.45) is 5.25. The Morgan fingerprint density at radius 2 is 2.18 bits per heavy atom. The van der Waals surface area contributed by atoms with Crippen molar-refractivity contribution in [3.05, 3.63) is 53.9 Å². The van der Waals surface area contributed by atoms with Gasteiger partial charge < -0.3 is 10.3 Å². The lowest BCUT2D eigenvalue weighted by molar-refractivity contribution is 0.618. The molecule has 1 aromatic heterocycles. The fourth-order valence-corrected chi connectivity index (χ4v) is 1.85. The number of rotatable bonds is 5. The highest BCUT2D eigenvalue weighted by Gasteiger charge is 2.02. The van der Waals surface area contributed by atoms with Gasteiger partial charge in [0.05, 0.1) is 6.33 Å². The maximum absolute atomic E-state index is 13.0. The van der Waals surface area contributed by atoms with Crippen LogP contribution in [0.5, 0.6) is 0 Å². The number of halogens is 1. The molecule has 1 heterocycles. The summed E-state index contributed by atoms with van der Waals surface area (Å²) >= 11 is 0. The molecule has 2 N–H and O–H groups in total. The average molecular weight is 233 g/mol. The van der Waals surface area contributed by atoms with E-state index in [4.69, 9.17) is 5.73 Å². The zero-order chi connectivity index (χ0) is 12.1. The van der Waals surface area contributed by atoms with E-state index in [2.05, 4.69) is 9.55 Å². The molecule has 0 amide bonds. The minimum atomic E-state index is -0.185. The van der Waals surface area contributed by atoms with Gasteiger partial charge in [-0.15, -0.1) is 0 Å².